The number of pyridine rings is 1. The van der Waals surface area contributed by atoms with Crippen LogP contribution in [-0.2, 0) is 9.53 Å². The van der Waals surface area contributed by atoms with E-state index in [9.17, 15) is 4.79 Å². The van der Waals surface area contributed by atoms with E-state index >= 15 is 0 Å². The lowest BCUT2D eigenvalue weighted by Gasteiger charge is -2.32. The average molecular weight is 356 g/mol. The highest BCUT2D eigenvalue weighted by atomic mass is 16.5. The van der Waals surface area contributed by atoms with Crippen molar-refractivity contribution < 1.29 is 14.3 Å². The molecular weight excluding hydrogens is 328 g/mol. The zero-order valence-corrected chi connectivity index (χ0v) is 16.1. The van der Waals surface area contributed by atoms with Gasteiger partial charge in [0.05, 0.1) is 24.4 Å². The number of aromatic nitrogens is 1. The molecule has 1 amide bonds. The minimum Gasteiger partial charge on any atom is -0.496 e. The van der Waals surface area contributed by atoms with E-state index in [1.807, 2.05) is 56.0 Å². The van der Waals surface area contributed by atoms with E-state index < -0.39 is 0 Å². The number of carbonyl (C=O) groups is 1. The topological polar surface area (TPSA) is 51.7 Å². The summed E-state index contributed by atoms with van der Waals surface area (Å²) < 4.78 is 11.3. The Morgan fingerprint density at radius 1 is 1.31 bits per heavy atom. The summed E-state index contributed by atoms with van der Waals surface area (Å²) in [5.74, 6) is 0.857. The smallest absolute Gasteiger partial charge is 0.252 e. The summed E-state index contributed by atoms with van der Waals surface area (Å²) in [6.07, 6.45) is 2.38. The van der Waals surface area contributed by atoms with Gasteiger partial charge in [-0.1, -0.05) is 19.1 Å². The first-order valence-electron chi connectivity index (χ1n) is 9.48. The Morgan fingerprint density at radius 2 is 2.04 bits per heavy atom. The van der Waals surface area contributed by atoms with Gasteiger partial charge < -0.3 is 14.4 Å². The molecule has 2 atom stereocenters. The van der Waals surface area contributed by atoms with Crippen molar-refractivity contribution in [2.24, 2.45) is 0 Å². The number of fused-ring (bicyclic) bond motifs is 1. The summed E-state index contributed by atoms with van der Waals surface area (Å²) in [6, 6.07) is 10.0. The molecule has 1 heterocycles. The molecule has 0 radical (unpaired) electrons. The van der Waals surface area contributed by atoms with Crippen molar-refractivity contribution in [2.45, 2.75) is 58.2 Å². The molecule has 2 aromatic rings. The van der Waals surface area contributed by atoms with Crippen LogP contribution in [0.2, 0.25) is 0 Å². The van der Waals surface area contributed by atoms with Crippen molar-refractivity contribution in [1.82, 2.24) is 9.88 Å². The van der Waals surface area contributed by atoms with Crippen LogP contribution in [-0.4, -0.2) is 41.7 Å². The van der Waals surface area contributed by atoms with Crippen molar-refractivity contribution in [3.05, 3.63) is 36.0 Å². The monoisotopic (exact) mass is 356 g/mol. The standard InChI is InChI=1S/C21H28N2O3/c1-5-19(26-6-2)21(24)23(15-11-12-15)14(3)18-13-20(25-4)16-9-7-8-10-17(16)22-18/h7-10,13-15,19H,5-6,11-12H2,1-4H3/t14-,19+/m0/s1. The lowest BCUT2D eigenvalue weighted by molar-refractivity contribution is -0.146. The predicted octanol–water partition coefficient (Wildman–Crippen LogP) is 4.11. The van der Waals surface area contributed by atoms with Gasteiger partial charge in [-0.15, -0.1) is 0 Å². The van der Waals surface area contributed by atoms with Gasteiger partial charge in [0.1, 0.15) is 11.9 Å². The number of nitrogens with zero attached hydrogens (tertiary/aromatic N) is 2. The van der Waals surface area contributed by atoms with Gasteiger partial charge in [0.2, 0.25) is 0 Å². The molecule has 1 fully saturated rings. The van der Waals surface area contributed by atoms with E-state index in [1.54, 1.807) is 7.11 Å². The number of ether oxygens (including phenoxy) is 2. The molecule has 0 bridgehead atoms. The van der Waals surface area contributed by atoms with Gasteiger partial charge in [0, 0.05) is 24.1 Å². The van der Waals surface area contributed by atoms with Crippen LogP contribution in [0.1, 0.15) is 51.8 Å². The Hall–Kier alpha value is -2.14. The van der Waals surface area contributed by atoms with Gasteiger partial charge in [-0.05, 0) is 45.2 Å². The third-order valence-electron chi connectivity index (χ3n) is 4.97. The molecule has 1 aromatic heterocycles. The largest absolute Gasteiger partial charge is 0.496 e. The first-order chi connectivity index (χ1) is 12.6. The number of hydrogen-bond donors (Lipinski definition) is 0. The molecule has 0 N–H and O–H groups in total. The number of amides is 1. The van der Waals surface area contributed by atoms with Crippen LogP contribution >= 0.6 is 0 Å². The molecule has 26 heavy (non-hydrogen) atoms. The van der Waals surface area contributed by atoms with Gasteiger partial charge in [-0.25, -0.2) is 0 Å². The SMILES string of the molecule is CCO[C@H](CC)C(=O)N(C1CC1)[C@@H](C)c1cc(OC)c2ccccc2n1. The summed E-state index contributed by atoms with van der Waals surface area (Å²) >= 11 is 0. The van der Waals surface area contributed by atoms with Crippen LogP contribution in [0.5, 0.6) is 5.75 Å². The van der Waals surface area contributed by atoms with E-state index in [-0.39, 0.29) is 24.1 Å². The van der Waals surface area contributed by atoms with Crippen LogP contribution in [0.15, 0.2) is 30.3 Å². The Bertz CT molecular complexity index is 773. The summed E-state index contributed by atoms with van der Waals surface area (Å²) in [5, 5.41) is 0.982. The zero-order valence-electron chi connectivity index (χ0n) is 16.1. The molecule has 1 aliphatic rings. The summed E-state index contributed by atoms with van der Waals surface area (Å²) in [6.45, 7) is 6.51. The molecule has 3 rings (SSSR count). The van der Waals surface area contributed by atoms with Gasteiger partial charge in [-0.2, -0.15) is 0 Å². The molecular formula is C21H28N2O3. The van der Waals surface area contributed by atoms with Crippen LogP contribution < -0.4 is 4.74 Å². The molecule has 1 aromatic carbocycles. The quantitative estimate of drug-likeness (QED) is 0.714. The molecule has 1 saturated carbocycles. The van der Waals surface area contributed by atoms with Crippen molar-refractivity contribution in [1.29, 1.82) is 0 Å². The van der Waals surface area contributed by atoms with Crippen molar-refractivity contribution in [3.8, 4) is 5.75 Å². The number of para-hydroxylation sites is 1. The van der Waals surface area contributed by atoms with Crippen LogP contribution in [0.25, 0.3) is 10.9 Å². The van der Waals surface area contributed by atoms with E-state index in [2.05, 4.69) is 0 Å². The van der Waals surface area contributed by atoms with E-state index in [0.717, 1.165) is 35.2 Å². The van der Waals surface area contributed by atoms with E-state index in [1.165, 1.54) is 0 Å². The molecule has 0 aliphatic heterocycles. The number of methoxy groups -OCH3 is 1. The van der Waals surface area contributed by atoms with Gasteiger partial charge in [0.15, 0.2) is 0 Å². The Morgan fingerprint density at radius 3 is 2.65 bits per heavy atom. The van der Waals surface area contributed by atoms with Gasteiger partial charge in [-0.3, -0.25) is 9.78 Å². The molecule has 5 heteroatoms. The van der Waals surface area contributed by atoms with Crippen molar-refractivity contribution >= 4 is 16.8 Å². The van der Waals surface area contributed by atoms with E-state index in [0.29, 0.717) is 13.0 Å². The summed E-state index contributed by atoms with van der Waals surface area (Å²) in [4.78, 5) is 19.9. The second kappa shape index (κ2) is 8.04. The highest BCUT2D eigenvalue weighted by Crippen LogP contribution is 2.37. The summed E-state index contributed by atoms with van der Waals surface area (Å²) in [5.41, 5.74) is 1.74. The predicted molar refractivity (Wildman–Crippen MR) is 102 cm³/mol. The molecule has 0 spiro atoms. The number of carbonyl (C=O) groups excluding carboxylic acids is 1. The zero-order chi connectivity index (χ0) is 18.7. The molecule has 140 valence electrons. The second-order valence-electron chi connectivity index (χ2n) is 6.77. The third-order valence-corrected chi connectivity index (χ3v) is 4.97. The van der Waals surface area contributed by atoms with Gasteiger partial charge in [0.25, 0.3) is 5.91 Å². The van der Waals surface area contributed by atoms with Crippen LogP contribution in [0, 0.1) is 0 Å². The molecule has 5 nitrogen and oxygen atoms in total. The Balaban J connectivity index is 1.96. The Labute approximate surface area is 155 Å². The van der Waals surface area contributed by atoms with Crippen molar-refractivity contribution in [2.75, 3.05) is 13.7 Å². The Kier molecular flexibility index (Phi) is 5.77. The minimum atomic E-state index is -0.384. The maximum atomic E-state index is 13.1. The maximum absolute atomic E-state index is 13.1. The van der Waals surface area contributed by atoms with E-state index in [4.69, 9.17) is 14.5 Å². The fourth-order valence-corrected chi connectivity index (χ4v) is 3.46. The van der Waals surface area contributed by atoms with Crippen LogP contribution in [0.3, 0.4) is 0 Å². The average Bonchev–Trinajstić information content (AvgIpc) is 3.50. The first kappa shape index (κ1) is 18.6. The number of benzene rings is 1. The normalized spacial score (nSPS) is 16.3. The molecule has 0 unspecified atom stereocenters. The van der Waals surface area contributed by atoms with Crippen molar-refractivity contribution in [3.63, 3.8) is 0 Å². The van der Waals surface area contributed by atoms with Crippen LogP contribution in [0.4, 0.5) is 0 Å². The molecule has 1 aliphatic carbocycles. The highest BCUT2D eigenvalue weighted by molar-refractivity contribution is 5.86. The maximum Gasteiger partial charge on any atom is 0.252 e. The molecule has 0 saturated heterocycles. The number of hydrogen-bond acceptors (Lipinski definition) is 4. The first-order valence-corrected chi connectivity index (χ1v) is 9.48. The second-order valence-corrected chi connectivity index (χ2v) is 6.77. The highest BCUT2D eigenvalue weighted by Gasteiger charge is 2.39. The van der Waals surface area contributed by atoms with Gasteiger partial charge >= 0.3 is 0 Å². The fraction of sp³-hybridized carbons (Fsp3) is 0.524. The lowest BCUT2D eigenvalue weighted by atomic mass is 10.1. The number of rotatable bonds is 8. The fourth-order valence-electron chi connectivity index (χ4n) is 3.46. The summed E-state index contributed by atoms with van der Waals surface area (Å²) in [7, 11) is 1.67. The third kappa shape index (κ3) is 3.68. The lowest BCUT2D eigenvalue weighted by Crippen LogP contribution is -2.43. The minimum absolute atomic E-state index is 0.0678.